The highest BCUT2D eigenvalue weighted by atomic mass is 35.5. The van der Waals surface area contributed by atoms with Crippen LogP contribution in [-0.2, 0) is 23.5 Å². The zero-order chi connectivity index (χ0) is 14.8. The van der Waals surface area contributed by atoms with Crippen molar-refractivity contribution in [2.24, 2.45) is 7.05 Å². The number of aromatic nitrogens is 2. The van der Waals surface area contributed by atoms with Crippen LogP contribution in [0, 0.1) is 0 Å². The summed E-state index contributed by atoms with van der Waals surface area (Å²) < 4.78 is 28.4. The Morgan fingerprint density at radius 1 is 1.40 bits per heavy atom. The third-order valence-corrected chi connectivity index (χ3v) is 4.46. The molecular weight excluding hydrogens is 300 g/mol. The van der Waals surface area contributed by atoms with E-state index in [9.17, 15) is 8.42 Å². The number of aryl methyl sites for hydroxylation is 1. The van der Waals surface area contributed by atoms with Gasteiger partial charge in [0.15, 0.2) is 0 Å². The summed E-state index contributed by atoms with van der Waals surface area (Å²) in [6.07, 6.45) is 2.30. The van der Waals surface area contributed by atoms with Crippen LogP contribution in [0.1, 0.15) is 5.69 Å². The lowest BCUT2D eigenvalue weighted by Crippen LogP contribution is -2.26. The summed E-state index contributed by atoms with van der Waals surface area (Å²) in [5.74, 6) is 0. The number of nitrogen functional groups attached to an aromatic ring is 1. The third-order valence-electron chi connectivity index (χ3n) is 2.71. The van der Waals surface area contributed by atoms with Gasteiger partial charge in [0.2, 0.25) is 10.0 Å². The van der Waals surface area contributed by atoms with Gasteiger partial charge in [0.05, 0.1) is 11.4 Å². The molecule has 1 aromatic carbocycles. The maximum absolute atomic E-state index is 12.1. The molecule has 108 valence electrons. The van der Waals surface area contributed by atoms with Gasteiger partial charge in [-0.05, 0) is 24.3 Å². The average molecular weight is 315 g/mol. The molecule has 0 spiro atoms. The summed E-state index contributed by atoms with van der Waals surface area (Å²) in [6, 6.07) is 6.18. The normalized spacial score (nSPS) is 11.7. The molecule has 0 aliphatic heterocycles. The van der Waals surface area contributed by atoms with Gasteiger partial charge in [0.25, 0.3) is 0 Å². The number of nitrogens with one attached hydrogen (secondary N) is 1. The molecule has 0 saturated heterocycles. The Balaban J connectivity index is 2.06. The van der Waals surface area contributed by atoms with Crippen molar-refractivity contribution in [2.45, 2.75) is 11.3 Å². The molecule has 6 nitrogen and oxygen atoms in total. The Labute approximate surface area is 122 Å². The molecule has 0 saturated carbocycles. The fourth-order valence-corrected chi connectivity index (χ4v) is 3.15. The molecule has 0 amide bonds. The summed E-state index contributed by atoms with van der Waals surface area (Å²) in [7, 11) is -1.86. The van der Waals surface area contributed by atoms with Crippen molar-refractivity contribution < 1.29 is 8.42 Å². The van der Waals surface area contributed by atoms with Crippen molar-refractivity contribution in [2.75, 3.05) is 12.3 Å². The van der Waals surface area contributed by atoms with Crippen molar-refractivity contribution in [3.8, 4) is 0 Å². The number of nitrogens with zero attached hydrogens (tertiary/aromatic N) is 2. The quantitative estimate of drug-likeness (QED) is 0.811. The number of rotatable bonds is 5. The van der Waals surface area contributed by atoms with Crippen LogP contribution in [-0.4, -0.2) is 24.7 Å². The van der Waals surface area contributed by atoms with E-state index in [1.165, 1.54) is 12.1 Å². The summed E-state index contributed by atoms with van der Waals surface area (Å²) >= 11 is 5.80. The predicted molar refractivity (Wildman–Crippen MR) is 78.0 cm³/mol. The number of sulfonamides is 1. The van der Waals surface area contributed by atoms with Crippen molar-refractivity contribution >= 4 is 27.3 Å². The van der Waals surface area contributed by atoms with Gasteiger partial charge in [-0.2, -0.15) is 5.10 Å². The molecule has 0 aliphatic carbocycles. The van der Waals surface area contributed by atoms with E-state index >= 15 is 0 Å². The van der Waals surface area contributed by atoms with Crippen LogP contribution in [0.25, 0.3) is 0 Å². The van der Waals surface area contributed by atoms with E-state index in [4.69, 9.17) is 17.3 Å². The van der Waals surface area contributed by atoms with Gasteiger partial charge in [-0.25, -0.2) is 13.1 Å². The van der Waals surface area contributed by atoms with Gasteiger partial charge in [0, 0.05) is 31.2 Å². The molecule has 1 aromatic heterocycles. The number of anilines is 1. The second-order valence-electron chi connectivity index (χ2n) is 4.31. The lowest BCUT2D eigenvalue weighted by molar-refractivity contribution is 0.581. The average Bonchev–Trinajstić information content (AvgIpc) is 2.78. The minimum Gasteiger partial charge on any atom is -0.398 e. The second-order valence-corrected chi connectivity index (χ2v) is 6.48. The molecule has 20 heavy (non-hydrogen) atoms. The number of hydrogen-bond donors (Lipinski definition) is 2. The maximum Gasteiger partial charge on any atom is 0.242 e. The van der Waals surface area contributed by atoms with Crippen LogP contribution >= 0.6 is 11.6 Å². The first kappa shape index (κ1) is 14.8. The van der Waals surface area contributed by atoms with Crippen molar-refractivity contribution in [1.82, 2.24) is 14.5 Å². The van der Waals surface area contributed by atoms with Crippen molar-refractivity contribution in [1.29, 1.82) is 0 Å². The predicted octanol–water partition coefficient (Wildman–Crippen LogP) is 1.18. The molecule has 2 aromatic rings. The standard InChI is InChI=1S/C12H15ClN4O2S/c1-17-7-5-10(16-17)4-6-15-20(18,19)12-8-9(13)2-3-11(12)14/h2-3,5,7-8,15H,4,6,14H2,1H3. The Kier molecular flexibility index (Phi) is 4.32. The molecule has 0 atom stereocenters. The lowest BCUT2D eigenvalue weighted by Gasteiger charge is -2.08. The Morgan fingerprint density at radius 2 is 2.15 bits per heavy atom. The SMILES string of the molecule is Cn1ccc(CCNS(=O)(=O)c2cc(Cl)ccc2N)n1. The molecule has 2 rings (SSSR count). The van der Waals surface area contributed by atoms with Crippen LogP contribution in [0.2, 0.25) is 5.02 Å². The highest BCUT2D eigenvalue weighted by Crippen LogP contribution is 2.22. The Hall–Kier alpha value is -1.57. The van der Waals surface area contributed by atoms with E-state index < -0.39 is 10.0 Å². The summed E-state index contributed by atoms with van der Waals surface area (Å²) in [6.45, 7) is 0.241. The molecule has 0 unspecified atom stereocenters. The van der Waals surface area contributed by atoms with Crippen LogP contribution in [0.5, 0.6) is 0 Å². The molecule has 0 aliphatic rings. The molecule has 1 heterocycles. The van der Waals surface area contributed by atoms with Crippen molar-refractivity contribution in [3.63, 3.8) is 0 Å². The summed E-state index contributed by atoms with van der Waals surface area (Å²) in [5.41, 5.74) is 6.65. The van der Waals surface area contributed by atoms with Crippen molar-refractivity contribution in [3.05, 3.63) is 41.2 Å². The smallest absolute Gasteiger partial charge is 0.242 e. The second kappa shape index (κ2) is 5.82. The number of benzene rings is 1. The molecular formula is C12H15ClN4O2S. The van der Waals surface area contributed by atoms with Gasteiger partial charge >= 0.3 is 0 Å². The van der Waals surface area contributed by atoms with Crippen LogP contribution in [0.3, 0.4) is 0 Å². The number of halogens is 1. The topological polar surface area (TPSA) is 90.0 Å². The van der Waals surface area contributed by atoms with E-state index in [2.05, 4.69) is 9.82 Å². The van der Waals surface area contributed by atoms with E-state index in [0.29, 0.717) is 11.4 Å². The van der Waals surface area contributed by atoms with Crippen LogP contribution < -0.4 is 10.5 Å². The van der Waals surface area contributed by atoms with Crippen LogP contribution in [0.4, 0.5) is 5.69 Å². The van der Waals surface area contributed by atoms with Gasteiger partial charge in [-0.15, -0.1) is 0 Å². The van der Waals surface area contributed by atoms with E-state index in [1.54, 1.807) is 24.0 Å². The summed E-state index contributed by atoms with van der Waals surface area (Å²) in [4.78, 5) is -0.00831. The number of nitrogens with two attached hydrogens (primary N) is 1. The minimum atomic E-state index is -3.67. The van der Waals surface area contributed by atoms with Gasteiger partial charge in [-0.1, -0.05) is 11.6 Å². The lowest BCUT2D eigenvalue weighted by atomic mass is 10.3. The van der Waals surface area contributed by atoms with Crippen LogP contribution in [0.15, 0.2) is 35.4 Å². The highest BCUT2D eigenvalue weighted by molar-refractivity contribution is 7.89. The maximum atomic E-state index is 12.1. The van der Waals surface area contributed by atoms with E-state index in [-0.39, 0.29) is 17.1 Å². The molecule has 3 N–H and O–H groups in total. The zero-order valence-corrected chi connectivity index (χ0v) is 12.4. The van der Waals surface area contributed by atoms with Gasteiger partial charge in [0.1, 0.15) is 4.90 Å². The first-order valence-electron chi connectivity index (χ1n) is 5.92. The van der Waals surface area contributed by atoms with E-state index in [1.807, 2.05) is 6.07 Å². The van der Waals surface area contributed by atoms with Gasteiger partial charge < -0.3 is 5.73 Å². The summed E-state index contributed by atoms with van der Waals surface area (Å²) in [5, 5.41) is 4.49. The fourth-order valence-electron chi connectivity index (χ4n) is 1.73. The number of hydrogen-bond acceptors (Lipinski definition) is 4. The largest absolute Gasteiger partial charge is 0.398 e. The van der Waals surface area contributed by atoms with E-state index in [0.717, 1.165) is 5.69 Å². The monoisotopic (exact) mass is 314 g/mol. The Morgan fingerprint density at radius 3 is 2.80 bits per heavy atom. The Bertz CT molecular complexity index is 712. The molecule has 0 radical (unpaired) electrons. The highest BCUT2D eigenvalue weighted by Gasteiger charge is 2.17. The first-order chi connectivity index (χ1) is 9.38. The van der Waals surface area contributed by atoms with Gasteiger partial charge in [-0.3, -0.25) is 4.68 Å². The molecule has 8 heteroatoms. The minimum absolute atomic E-state index is 0.00831. The molecule has 0 bridgehead atoms. The fraction of sp³-hybridized carbons (Fsp3) is 0.250. The third kappa shape index (κ3) is 3.50. The molecule has 0 fully saturated rings. The first-order valence-corrected chi connectivity index (χ1v) is 7.78. The zero-order valence-electron chi connectivity index (χ0n) is 10.9.